The van der Waals surface area contributed by atoms with Gasteiger partial charge < -0.3 is 10.5 Å². The molecule has 1 aliphatic heterocycles. The van der Waals surface area contributed by atoms with Crippen LogP contribution in [0.2, 0.25) is 0 Å². The molecule has 0 aromatic rings. The van der Waals surface area contributed by atoms with E-state index in [2.05, 4.69) is 22.4 Å². The van der Waals surface area contributed by atoms with Crippen molar-refractivity contribution in [2.45, 2.75) is 77.2 Å². The molecular weight excluding hydrogens is 400 g/mol. The maximum atomic E-state index is 13.2. The van der Waals surface area contributed by atoms with Crippen LogP contribution in [0.1, 0.15) is 71.6 Å². The van der Waals surface area contributed by atoms with Crippen molar-refractivity contribution in [3.8, 4) is 0 Å². The molecular formula is C26H38N4O2. The number of hydrazone groups is 1. The van der Waals surface area contributed by atoms with Crippen LogP contribution in [0.25, 0.3) is 0 Å². The van der Waals surface area contributed by atoms with E-state index in [1.54, 1.807) is 18.5 Å². The highest BCUT2D eigenvalue weighted by atomic mass is 16.3. The Morgan fingerprint density at radius 2 is 1.97 bits per heavy atom. The predicted octanol–water partition coefficient (Wildman–Crippen LogP) is 4.14. The molecule has 0 radical (unpaired) electrons. The highest BCUT2D eigenvalue weighted by Gasteiger charge is 2.58. The lowest BCUT2D eigenvalue weighted by atomic mass is 9.49. The minimum absolute atomic E-state index is 0.113. The number of hydrogen-bond donors (Lipinski definition) is 3. The first-order valence-electron chi connectivity index (χ1n) is 12.6. The minimum Gasteiger partial charge on any atom is -0.390 e. The van der Waals surface area contributed by atoms with E-state index in [1.165, 1.54) is 32.1 Å². The van der Waals surface area contributed by atoms with Crippen molar-refractivity contribution in [3.63, 3.8) is 0 Å². The molecule has 3 N–H and O–H groups in total. The second-order valence-electron chi connectivity index (χ2n) is 11.7. The van der Waals surface area contributed by atoms with Gasteiger partial charge in [0.05, 0.1) is 24.1 Å². The summed E-state index contributed by atoms with van der Waals surface area (Å²) in [6, 6.07) is 0. The molecule has 1 heterocycles. The van der Waals surface area contributed by atoms with Crippen molar-refractivity contribution in [1.29, 1.82) is 5.41 Å². The Labute approximate surface area is 191 Å². The molecule has 6 heteroatoms. The molecule has 0 aromatic carbocycles. The standard InChI is InChI=1S/C26H38N4O2/c1-25(32)10-7-17-16(13-25)3-4-19-18(17)8-11-26(2)20(19)5-6-21(26)24(31)15-29-30-23-14-28-12-9-22(23)27/h9,12,14,16-21,27,29,32H,3-8,10-11,13,15H2,1-2H3/b27-22?,30-23-/t16-,17-,18+,19+,20-,21+,25+,26-/m0/s1. The SMILES string of the molecule is C[C@@]1(O)CC[C@H]2[C@@H](CC[C@@H]3[C@@H]2CC[C@]2(C)[C@@H](C(=O)CN/N=C4/C=NC=CC4=N)CC[C@@H]32)C1. The summed E-state index contributed by atoms with van der Waals surface area (Å²) >= 11 is 0. The van der Waals surface area contributed by atoms with Crippen LogP contribution in [0.4, 0.5) is 0 Å². The average Bonchev–Trinajstić information content (AvgIpc) is 3.11. The zero-order valence-electron chi connectivity index (χ0n) is 19.5. The maximum absolute atomic E-state index is 13.2. The molecule has 0 aromatic heterocycles. The average molecular weight is 439 g/mol. The molecule has 0 unspecified atom stereocenters. The number of carbonyl (C=O) groups is 1. The van der Waals surface area contributed by atoms with Gasteiger partial charge in [-0.2, -0.15) is 5.10 Å². The third-order valence-electron chi connectivity index (χ3n) is 9.88. The first-order valence-corrected chi connectivity index (χ1v) is 12.6. The lowest BCUT2D eigenvalue weighted by molar-refractivity contribution is -0.131. The molecule has 174 valence electrons. The zero-order valence-corrected chi connectivity index (χ0v) is 19.5. The largest absolute Gasteiger partial charge is 0.390 e. The smallest absolute Gasteiger partial charge is 0.157 e. The molecule has 4 fully saturated rings. The summed E-state index contributed by atoms with van der Waals surface area (Å²) < 4.78 is 0. The van der Waals surface area contributed by atoms with Crippen LogP contribution < -0.4 is 5.43 Å². The number of aliphatic imine (C=N–C) groups is 1. The van der Waals surface area contributed by atoms with Gasteiger partial charge in [0.15, 0.2) is 5.78 Å². The van der Waals surface area contributed by atoms with Crippen molar-refractivity contribution in [3.05, 3.63) is 12.3 Å². The van der Waals surface area contributed by atoms with Crippen LogP contribution >= 0.6 is 0 Å². The third kappa shape index (κ3) is 3.78. The third-order valence-corrected chi connectivity index (χ3v) is 9.88. The number of allylic oxidation sites excluding steroid dienone is 1. The Morgan fingerprint density at radius 3 is 2.78 bits per heavy atom. The molecule has 4 aliphatic carbocycles. The van der Waals surface area contributed by atoms with Gasteiger partial charge in [-0.3, -0.25) is 15.2 Å². The van der Waals surface area contributed by atoms with E-state index in [0.29, 0.717) is 23.3 Å². The van der Waals surface area contributed by atoms with Gasteiger partial charge >= 0.3 is 0 Å². The number of fused-ring (bicyclic) bond motifs is 5. The van der Waals surface area contributed by atoms with Crippen LogP contribution in [-0.4, -0.2) is 40.7 Å². The Balaban J connectivity index is 1.23. The second-order valence-corrected chi connectivity index (χ2v) is 11.7. The second kappa shape index (κ2) is 8.19. The van der Waals surface area contributed by atoms with Gasteiger partial charge in [-0.25, -0.2) is 0 Å². The summed E-state index contributed by atoms with van der Waals surface area (Å²) in [6.07, 6.45) is 15.0. The van der Waals surface area contributed by atoms with Gasteiger partial charge in [0, 0.05) is 12.1 Å². The Hall–Kier alpha value is -1.82. The summed E-state index contributed by atoms with van der Waals surface area (Å²) in [4.78, 5) is 17.2. The van der Waals surface area contributed by atoms with Crippen LogP contribution in [-0.2, 0) is 4.79 Å². The van der Waals surface area contributed by atoms with Crippen LogP contribution in [0.15, 0.2) is 22.4 Å². The number of nitrogens with zero attached hydrogens (tertiary/aromatic N) is 2. The molecule has 0 bridgehead atoms. The molecule has 6 nitrogen and oxygen atoms in total. The van der Waals surface area contributed by atoms with E-state index in [4.69, 9.17) is 5.41 Å². The number of ketones is 1. The van der Waals surface area contributed by atoms with Gasteiger partial charge in [-0.15, -0.1) is 0 Å². The van der Waals surface area contributed by atoms with Gasteiger partial charge in [-0.05, 0) is 106 Å². The Kier molecular flexibility index (Phi) is 5.63. The van der Waals surface area contributed by atoms with Gasteiger partial charge in [0.1, 0.15) is 5.71 Å². The molecule has 32 heavy (non-hydrogen) atoms. The summed E-state index contributed by atoms with van der Waals surface area (Å²) in [5.41, 5.74) is 3.36. The fourth-order valence-corrected chi connectivity index (χ4v) is 8.41. The quantitative estimate of drug-likeness (QED) is 0.575. The van der Waals surface area contributed by atoms with Crippen molar-refractivity contribution in [1.82, 2.24) is 5.43 Å². The van der Waals surface area contributed by atoms with E-state index >= 15 is 0 Å². The number of Topliss-reactive ketones (excluding diaryl/α,β-unsaturated/α-hetero) is 1. The molecule has 0 spiro atoms. The van der Waals surface area contributed by atoms with Crippen LogP contribution in [0.5, 0.6) is 0 Å². The highest BCUT2D eigenvalue weighted by molar-refractivity contribution is 6.65. The number of nitrogens with one attached hydrogen (secondary N) is 2. The summed E-state index contributed by atoms with van der Waals surface area (Å²) in [5, 5.41) is 22.7. The topological polar surface area (TPSA) is 97.9 Å². The molecule has 8 atom stereocenters. The fraction of sp³-hybridized carbons (Fsp3) is 0.769. The molecule has 5 rings (SSSR count). The predicted molar refractivity (Wildman–Crippen MR) is 127 cm³/mol. The van der Waals surface area contributed by atoms with Crippen molar-refractivity contribution < 1.29 is 9.90 Å². The number of carbonyl (C=O) groups excluding carboxylic acids is 1. The molecule has 0 saturated heterocycles. The fourth-order valence-electron chi connectivity index (χ4n) is 8.41. The van der Waals surface area contributed by atoms with Gasteiger partial charge in [0.2, 0.25) is 0 Å². The summed E-state index contributed by atoms with van der Waals surface area (Å²) in [6.45, 7) is 4.65. The summed E-state index contributed by atoms with van der Waals surface area (Å²) in [7, 11) is 0. The van der Waals surface area contributed by atoms with E-state index in [9.17, 15) is 9.90 Å². The summed E-state index contributed by atoms with van der Waals surface area (Å²) in [5.74, 6) is 4.09. The normalized spacial score (nSPS) is 46.5. The van der Waals surface area contributed by atoms with Crippen molar-refractivity contribution >= 4 is 23.4 Å². The monoisotopic (exact) mass is 438 g/mol. The Morgan fingerprint density at radius 1 is 1.16 bits per heavy atom. The Bertz CT molecular complexity index is 875. The van der Waals surface area contributed by atoms with E-state index < -0.39 is 5.60 Å². The maximum Gasteiger partial charge on any atom is 0.157 e. The lowest BCUT2D eigenvalue weighted by Gasteiger charge is -2.56. The molecule has 5 aliphatic rings. The number of rotatable bonds is 4. The van der Waals surface area contributed by atoms with Crippen LogP contribution in [0, 0.1) is 46.3 Å². The number of hydrogen-bond acceptors (Lipinski definition) is 6. The zero-order chi connectivity index (χ0) is 22.5. The van der Waals surface area contributed by atoms with Crippen molar-refractivity contribution in [2.24, 2.45) is 51.0 Å². The molecule has 4 saturated carbocycles. The van der Waals surface area contributed by atoms with Gasteiger partial charge in [0.25, 0.3) is 0 Å². The first-order chi connectivity index (χ1) is 15.3. The first kappa shape index (κ1) is 22.0. The van der Waals surface area contributed by atoms with E-state index in [1.807, 2.05) is 6.92 Å². The van der Waals surface area contributed by atoms with Crippen LogP contribution in [0.3, 0.4) is 0 Å². The molecule has 0 amide bonds. The van der Waals surface area contributed by atoms with Crippen molar-refractivity contribution in [2.75, 3.05) is 6.54 Å². The lowest BCUT2D eigenvalue weighted by Crippen LogP contribution is -2.51. The minimum atomic E-state index is -0.462. The van der Waals surface area contributed by atoms with E-state index in [0.717, 1.165) is 43.4 Å². The highest BCUT2D eigenvalue weighted by Crippen LogP contribution is 2.64. The van der Waals surface area contributed by atoms with E-state index in [-0.39, 0.29) is 23.7 Å². The number of aliphatic hydroxyl groups is 1. The van der Waals surface area contributed by atoms with Gasteiger partial charge in [-0.1, -0.05) is 6.92 Å².